The molecule has 0 saturated carbocycles. The molecule has 154 valence electrons. The molecule has 0 spiro atoms. The van der Waals surface area contributed by atoms with E-state index in [1.165, 1.54) is 12.1 Å². The van der Waals surface area contributed by atoms with Crippen LogP contribution in [0.1, 0.15) is 24.4 Å². The number of likely N-dealkylation sites (N-methyl/N-ethyl adjacent to an activating group) is 1. The highest BCUT2D eigenvalue weighted by Crippen LogP contribution is 2.17. The number of guanidine groups is 1. The highest BCUT2D eigenvalue weighted by atomic mass is 127. The second kappa shape index (κ2) is 13.2. The number of aliphatic imine (C=N–C) groups is 1. The molecule has 1 aliphatic heterocycles. The van der Waals surface area contributed by atoms with Gasteiger partial charge in [-0.25, -0.2) is 4.39 Å². The zero-order valence-corrected chi connectivity index (χ0v) is 18.7. The standard InChI is InChI=1S/C19H31FN4O2.HI/c1-21-19(22-10-4-11-26-17-9-12-25-14-17)23-13-18(24(2)3)15-5-7-16(20)8-6-15;/h5-8,17-18H,4,9-14H2,1-3H3,(H2,21,22,23);1H. The Kier molecular flexibility index (Phi) is 11.8. The SMILES string of the molecule is CN=C(NCCCOC1CCOC1)NCC(c1ccc(F)cc1)N(C)C.I. The molecule has 2 N–H and O–H groups in total. The molecule has 0 amide bonds. The molecular formula is C19H32FIN4O2. The number of nitrogens with zero attached hydrogens (tertiary/aromatic N) is 2. The van der Waals surface area contributed by atoms with Gasteiger partial charge in [0.25, 0.3) is 0 Å². The predicted molar refractivity (Wildman–Crippen MR) is 117 cm³/mol. The Balaban J connectivity index is 0.00000364. The van der Waals surface area contributed by atoms with Crippen LogP contribution < -0.4 is 10.6 Å². The third-order valence-electron chi connectivity index (χ3n) is 4.42. The first kappa shape index (κ1) is 24.1. The van der Waals surface area contributed by atoms with Crippen LogP contribution in [0.25, 0.3) is 0 Å². The largest absolute Gasteiger partial charge is 0.379 e. The third-order valence-corrected chi connectivity index (χ3v) is 4.42. The number of hydrogen-bond donors (Lipinski definition) is 2. The minimum Gasteiger partial charge on any atom is -0.379 e. The van der Waals surface area contributed by atoms with E-state index in [1.54, 1.807) is 7.05 Å². The molecular weight excluding hydrogens is 462 g/mol. The van der Waals surface area contributed by atoms with Crippen LogP contribution >= 0.6 is 24.0 Å². The Morgan fingerprint density at radius 2 is 2.07 bits per heavy atom. The number of halogens is 2. The van der Waals surface area contributed by atoms with Crippen LogP contribution in [0, 0.1) is 5.82 Å². The molecule has 6 nitrogen and oxygen atoms in total. The maximum absolute atomic E-state index is 13.1. The van der Waals surface area contributed by atoms with Gasteiger partial charge in [0.2, 0.25) is 0 Å². The van der Waals surface area contributed by atoms with Crippen molar-refractivity contribution >= 4 is 29.9 Å². The molecule has 1 saturated heterocycles. The second-order valence-electron chi connectivity index (χ2n) is 6.62. The van der Waals surface area contributed by atoms with Gasteiger partial charge < -0.3 is 25.0 Å². The van der Waals surface area contributed by atoms with Gasteiger partial charge in [-0.1, -0.05) is 12.1 Å². The van der Waals surface area contributed by atoms with E-state index in [4.69, 9.17) is 9.47 Å². The monoisotopic (exact) mass is 494 g/mol. The average Bonchev–Trinajstić information content (AvgIpc) is 3.14. The predicted octanol–water partition coefficient (Wildman–Crippen LogP) is 2.41. The lowest BCUT2D eigenvalue weighted by Gasteiger charge is -2.26. The molecule has 0 radical (unpaired) electrons. The van der Waals surface area contributed by atoms with Gasteiger partial charge in [0.1, 0.15) is 5.82 Å². The topological polar surface area (TPSA) is 58.1 Å². The van der Waals surface area contributed by atoms with E-state index in [0.29, 0.717) is 19.8 Å². The van der Waals surface area contributed by atoms with Gasteiger partial charge in [0.15, 0.2) is 5.96 Å². The van der Waals surface area contributed by atoms with Crippen molar-refractivity contribution in [3.63, 3.8) is 0 Å². The average molecular weight is 494 g/mol. The van der Waals surface area contributed by atoms with Gasteiger partial charge in [0.05, 0.1) is 18.8 Å². The van der Waals surface area contributed by atoms with Crippen LogP contribution in [0.2, 0.25) is 0 Å². The van der Waals surface area contributed by atoms with Crippen molar-refractivity contribution < 1.29 is 13.9 Å². The van der Waals surface area contributed by atoms with Crippen molar-refractivity contribution in [3.8, 4) is 0 Å². The zero-order valence-electron chi connectivity index (χ0n) is 16.4. The number of ether oxygens (including phenoxy) is 2. The van der Waals surface area contributed by atoms with Crippen molar-refractivity contribution in [1.82, 2.24) is 15.5 Å². The summed E-state index contributed by atoms with van der Waals surface area (Å²) in [7, 11) is 5.77. The summed E-state index contributed by atoms with van der Waals surface area (Å²) < 4.78 is 24.2. The molecule has 0 aromatic heterocycles. The van der Waals surface area contributed by atoms with Crippen molar-refractivity contribution in [3.05, 3.63) is 35.6 Å². The number of benzene rings is 1. The number of rotatable bonds is 9. The van der Waals surface area contributed by atoms with Crippen molar-refractivity contribution in [1.29, 1.82) is 0 Å². The lowest BCUT2D eigenvalue weighted by atomic mass is 10.1. The van der Waals surface area contributed by atoms with Crippen LogP contribution in [0.4, 0.5) is 4.39 Å². The first-order chi connectivity index (χ1) is 12.6. The van der Waals surface area contributed by atoms with Crippen molar-refractivity contribution in [2.24, 2.45) is 4.99 Å². The maximum atomic E-state index is 13.1. The van der Waals surface area contributed by atoms with E-state index in [0.717, 1.165) is 37.5 Å². The molecule has 8 heteroatoms. The molecule has 1 fully saturated rings. The van der Waals surface area contributed by atoms with Gasteiger partial charge in [-0.15, -0.1) is 24.0 Å². The van der Waals surface area contributed by atoms with Crippen LogP contribution in [0.5, 0.6) is 0 Å². The highest BCUT2D eigenvalue weighted by Gasteiger charge is 2.16. The fraction of sp³-hybridized carbons (Fsp3) is 0.632. The van der Waals surface area contributed by atoms with Gasteiger partial charge >= 0.3 is 0 Å². The van der Waals surface area contributed by atoms with Gasteiger partial charge in [-0.05, 0) is 44.6 Å². The number of hydrogen-bond acceptors (Lipinski definition) is 4. The quantitative estimate of drug-likeness (QED) is 0.239. The van der Waals surface area contributed by atoms with E-state index in [1.807, 2.05) is 26.2 Å². The Morgan fingerprint density at radius 3 is 2.67 bits per heavy atom. The molecule has 1 aromatic rings. The summed E-state index contributed by atoms with van der Waals surface area (Å²) in [5, 5.41) is 6.64. The molecule has 2 rings (SSSR count). The van der Waals surface area contributed by atoms with Crippen LogP contribution in [0.15, 0.2) is 29.3 Å². The van der Waals surface area contributed by atoms with Gasteiger partial charge in [-0.3, -0.25) is 4.99 Å². The highest BCUT2D eigenvalue weighted by molar-refractivity contribution is 14.0. The molecule has 27 heavy (non-hydrogen) atoms. The van der Waals surface area contributed by atoms with Crippen LogP contribution in [-0.2, 0) is 9.47 Å². The zero-order chi connectivity index (χ0) is 18.8. The first-order valence-electron chi connectivity index (χ1n) is 9.16. The van der Waals surface area contributed by atoms with E-state index in [9.17, 15) is 4.39 Å². The molecule has 1 aliphatic rings. The summed E-state index contributed by atoms with van der Waals surface area (Å²) in [6, 6.07) is 6.76. The minimum absolute atomic E-state index is 0. The summed E-state index contributed by atoms with van der Waals surface area (Å²) >= 11 is 0. The van der Waals surface area contributed by atoms with E-state index in [2.05, 4.69) is 20.5 Å². The van der Waals surface area contributed by atoms with Crippen LogP contribution in [-0.4, -0.2) is 71.0 Å². The summed E-state index contributed by atoms with van der Waals surface area (Å²) in [6.07, 6.45) is 2.15. The van der Waals surface area contributed by atoms with E-state index < -0.39 is 0 Å². The molecule has 0 bridgehead atoms. The Hall–Kier alpha value is -0.970. The maximum Gasteiger partial charge on any atom is 0.191 e. The second-order valence-corrected chi connectivity index (χ2v) is 6.62. The fourth-order valence-corrected chi connectivity index (χ4v) is 2.87. The Labute approximate surface area is 178 Å². The fourth-order valence-electron chi connectivity index (χ4n) is 2.87. The molecule has 2 atom stereocenters. The van der Waals surface area contributed by atoms with Crippen LogP contribution in [0.3, 0.4) is 0 Å². The van der Waals surface area contributed by atoms with Gasteiger partial charge in [0, 0.05) is 33.4 Å². The lowest BCUT2D eigenvalue weighted by molar-refractivity contribution is 0.0420. The van der Waals surface area contributed by atoms with E-state index >= 15 is 0 Å². The van der Waals surface area contributed by atoms with Crippen molar-refractivity contribution in [2.75, 3.05) is 54.1 Å². The Morgan fingerprint density at radius 1 is 1.33 bits per heavy atom. The third kappa shape index (κ3) is 8.71. The Bertz CT molecular complexity index is 551. The molecule has 1 aromatic carbocycles. The summed E-state index contributed by atoms with van der Waals surface area (Å²) in [5.41, 5.74) is 1.06. The van der Waals surface area contributed by atoms with E-state index in [-0.39, 0.29) is 41.9 Å². The first-order valence-corrected chi connectivity index (χ1v) is 9.16. The lowest BCUT2D eigenvalue weighted by Crippen LogP contribution is -2.42. The molecule has 0 aliphatic carbocycles. The smallest absolute Gasteiger partial charge is 0.191 e. The molecule has 2 unspecified atom stereocenters. The summed E-state index contributed by atoms with van der Waals surface area (Å²) in [4.78, 5) is 6.36. The number of nitrogens with one attached hydrogen (secondary N) is 2. The summed E-state index contributed by atoms with van der Waals surface area (Å²) in [6.45, 7) is 3.70. The summed E-state index contributed by atoms with van der Waals surface area (Å²) in [5.74, 6) is 0.534. The molecule has 1 heterocycles. The minimum atomic E-state index is -0.219. The van der Waals surface area contributed by atoms with Crippen molar-refractivity contribution in [2.45, 2.75) is 25.0 Å². The normalized spacial score (nSPS) is 18.3. The van der Waals surface area contributed by atoms with Gasteiger partial charge in [-0.2, -0.15) is 0 Å².